The first kappa shape index (κ1) is 13.6. The Labute approximate surface area is 100.0 Å². The fourth-order valence-corrected chi connectivity index (χ4v) is 2.64. The highest BCUT2D eigenvalue weighted by atomic mass is 32.2. The number of nitrogens with zero attached hydrogens (tertiary/aromatic N) is 2. The average molecular weight is 255 g/mol. The van der Waals surface area contributed by atoms with Gasteiger partial charge in [0.15, 0.2) is 5.69 Å². The van der Waals surface area contributed by atoms with Gasteiger partial charge in [0.2, 0.25) is 10.0 Å². The standard InChI is InChI=1S/C10H13N3O3S/c1-2-8(7-14)13-17(15,16)10-4-3-5-12-9(10)6-11/h3-5,8,13-14H,2,7H2,1H3. The van der Waals surface area contributed by atoms with Crippen LogP contribution in [0.3, 0.4) is 0 Å². The highest BCUT2D eigenvalue weighted by Gasteiger charge is 2.22. The first-order valence-corrected chi connectivity index (χ1v) is 6.51. The van der Waals surface area contributed by atoms with E-state index in [1.54, 1.807) is 13.0 Å². The molecule has 0 spiro atoms. The number of aliphatic hydroxyl groups excluding tert-OH is 1. The maximum Gasteiger partial charge on any atom is 0.243 e. The van der Waals surface area contributed by atoms with Crippen LogP contribution in [0.15, 0.2) is 23.2 Å². The number of sulfonamides is 1. The molecule has 1 unspecified atom stereocenters. The molecule has 0 amide bonds. The zero-order valence-corrected chi connectivity index (χ0v) is 10.1. The number of pyridine rings is 1. The van der Waals surface area contributed by atoms with E-state index < -0.39 is 16.1 Å². The van der Waals surface area contributed by atoms with E-state index in [9.17, 15) is 8.42 Å². The van der Waals surface area contributed by atoms with E-state index in [1.807, 2.05) is 0 Å². The Balaban J connectivity index is 3.10. The largest absolute Gasteiger partial charge is 0.395 e. The third-order valence-electron chi connectivity index (χ3n) is 2.20. The molecule has 1 aromatic rings. The van der Waals surface area contributed by atoms with Crippen LogP contribution in [0.2, 0.25) is 0 Å². The summed E-state index contributed by atoms with van der Waals surface area (Å²) in [5.74, 6) is 0. The van der Waals surface area contributed by atoms with Crippen molar-refractivity contribution in [2.45, 2.75) is 24.3 Å². The molecule has 0 bridgehead atoms. The van der Waals surface area contributed by atoms with Crippen molar-refractivity contribution >= 4 is 10.0 Å². The van der Waals surface area contributed by atoms with E-state index in [2.05, 4.69) is 9.71 Å². The fourth-order valence-electron chi connectivity index (χ4n) is 1.22. The molecular formula is C10H13N3O3S. The van der Waals surface area contributed by atoms with E-state index >= 15 is 0 Å². The van der Waals surface area contributed by atoms with Gasteiger partial charge in [0, 0.05) is 12.2 Å². The third-order valence-corrected chi connectivity index (χ3v) is 3.75. The van der Waals surface area contributed by atoms with Gasteiger partial charge in [-0.15, -0.1) is 0 Å². The van der Waals surface area contributed by atoms with Gasteiger partial charge in [0.1, 0.15) is 11.0 Å². The second-order valence-corrected chi connectivity index (χ2v) is 5.05. The lowest BCUT2D eigenvalue weighted by molar-refractivity contribution is 0.254. The van der Waals surface area contributed by atoms with Crippen molar-refractivity contribution in [2.24, 2.45) is 0 Å². The number of hydrogen-bond acceptors (Lipinski definition) is 5. The Morgan fingerprint density at radius 3 is 2.88 bits per heavy atom. The van der Waals surface area contributed by atoms with Crippen molar-refractivity contribution < 1.29 is 13.5 Å². The van der Waals surface area contributed by atoms with Crippen LogP contribution in [0.5, 0.6) is 0 Å². The van der Waals surface area contributed by atoms with Gasteiger partial charge in [-0.25, -0.2) is 18.1 Å². The summed E-state index contributed by atoms with van der Waals surface area (Å²) >= 11 is 0. The Morgan fingerprint density at radius 1 is 1.65 bits per heavy atom. The molecule has 6 nitrogen and oxygen atoms in total. The van der Waals surface area contributed by atoms with Gasteiger partial charge < -0.3 is 5.11 Å². The smallest absolute Gasteiger partial charge is 0.243 e. The minimum Gasteiger partial charge on any atom is -0.395 e. The van der Waals surface area contributed by atoms with Crippen molar-refractivity contribution in [3.63, 3.8) is 0 Å². The molecule has 1 aromatic heterocycles. The summed E-state index contributed by atoms with van der Waals surface area (Å²) in [5, 5.41) is 17.7. The van der Waals surface area contributed by atoms with E-state index in [0.29, 0.717) is 6.42 Å². The van der Waals surface area contributed by atoms with Gasteiger partial charge in [0.25, 0.3) is 0 Å². The summed E-state index contributed by atoms with van der Waals surface area (Å²) < 4.78 is 26.2. The van der Waals surface area contributed by atoms with E-state index in [-0.39, 0.29) is 17.2 Å². The summed E-state index contributed by atoms with van der Waals surface area (Å²) in [7, 11) is -3.82. The molecule has 1 rings (SSSR count). The maximum atomic E-state index is 11.9. The second-order valence-electron chi connectivity index (χ2n) is 3.37. The van der Waals surface area contributed by atoms with Crippen LogP contribution in [0.4, 0.5) is 0 Å². The molecule has 17 heavy (non-hydrogen) atoms. The number of hydrogen-bond donors (Lipinski definition) is 2. The molecule has 0 aromatic carbocycles. The van der Waals surface area contributed by atoms with Crippen LogP contribution in [-0.4, -0.2) is 31.2 Å². The fraction of sp³-hybridized carbons (Fsp3) is 0.400. The van der Waals surface area contributed by atoms with Crippen molar-refractivity contribution in [3.05, 3.63) is 24.0 Å². The number of rotatable bonds is 5. The Bertz CT molecular complexity index is 518. The van der Waals surface area contributed by atoms with Crippen LogP contribution in [-0.2, 0) is 10.0 Å². The molecule has 92 valence electrons. The van der Waals surface area contributed by atoms with Crippen LogP contribution >= 0.6 is 0 Å². The zero-order valence-electron chi connectivity index (χ0n) is 9.29. The molecular weight excluding hydrogens is 242 g/mol. The lowest BCUT2D eigenvalue weighted by atomic mass is 10.3. The van der Waals surface area contributed by atoms with E-state index in [0.717, 1.165) is 0 Å². The Kier molecular flexibility index (Phi) is 4.57. The lowest BCUT2D eigenvalue weighted by Gasteiger charge is -2.14. The first-order valence-electron chi connectivity index (χ1n) is 5.03. The van der Waals surface area contributed by atoms with Gasteiger partial charge in [-0.3, -0.25) is 0 Å². The minimum atomic E-state index is -3.82. The molecule has 0 radical (unpaired) electrons. The Hall–Kier alpha value is -1.49. The van der Waals surface area contributed by atoms with Crippen LogP contribution in [0.1, 0.15) is 19.0 Å². The molecule has 0 aliphatic carbocycles. The van der Waals surface area contributed by atoms with Gasteiger partial charge >= 0.3 is 0 Å². The van der Waals surface area contributed by atoms with Gasteiger partial charge in [0.05, 0.1) is 6.61 Å². The molecule has 7 heteroatoms. The quantitative estimate of drug-likeness (QED) is 0.771. The van der Waals surface area contributed by atoms with Gasteiger partial charge in [-0.1, -0.05) is 6.92 Å². The molecule has 1 heterocycles. The van der Waals surface area contributed by atoms with Gasteiger partial charge in [-0.05, 0) is 18.6 Å². The summed E-state index contributed by atoms with van der Waals surface area (Å²) in [6.45, 7) is 1.45. The summed E-state index contributed by atoms with van der Waals surface area (Å²) in [5.41, 5.74) is -0.159. The molecule has 0 saturated heterocycles. The van der Waals surface area contributed by atoms with Crippen molar-refractivity contribution in [3.8, 4) is 6.07 Å². The van der Waals surface area contributed by atoms with E-state index in [1.165, 1.54) is 18.3 Å². The van der Waals surface area contributed by atoms with Gasteiger partial charge in [-0.2, -0.15) is 5.26 Å². The highest BCUT2D eigenvalue weighted by Crippen LogP contribution is 2.12. The van der Waals surface area contributed by atoms with Crippen LogP contribution < -0.4 is 4.72 Å². The molecule has 0 aliphatic heterocycles. The Morgan fingerprint density at radius 2 is 2.35 bits per heavy atom. The molecule has 0 aliphatic rings. The van der Waals surface area contributed by atoms with Crippen LogP contribution in [0, 0.1) is 11.3 Å². The highest BCUT2D eigenvalue weighted by molar-refractivity contribution is 7.89. The lowest BCUT2D eigenvalue weighted by Crippen LogP contribution is -2.37. The summed E-state index contributed by atoms with van der Waals surface area (Å²) in [6.07, 6.45) is 1.80. The first-order chi connectivity index (χ1) is 8.05. The maximum absolute atomic E-state index is 11.9. The van der Waals surface area contributed by atoms with E-state index in [4.69, 9.17) is 10.4 Å². The zero-order chi connectivity index (χ0) is 12.9. The van der Waals surface area contributed by atoms with Crippen molar-refractivity contribution in [2.75, 3.05) is 6.61 Å². The number of aliphatic hydroxyl groups is 1. The predicted molar refractivity (Wildman–Crippen MR) is 60.4 cm³/mol. The third kappa shape index (κ3) is 3.23. The monoisotopic (exact) mass is 255 g/mol. The minimum absolute atomic E-state index is 0.159. The number of nitriles is 1. The summed E-state index contributed by atoms with van der Waals surface area (Å²) in [6, 6.07) is 3.90. The normalized spacial score (nSPS) is 13.0. The molecule has 0 fully saturated rings. The molecule has 2 N–H and O–H groups in total. The summed E-state index contributed by atoms with van der Waals surface area (Å²) in [4.78, 5) is 3.51. The van der Waals surface area contributed by atoms with Crippen molar-refractivity contribution in [1.29, 1.82) is 5.26 Å². The van der Waals surface area contributed by atoms with Crippen molar-refractivity contribution in [1.82, 2.24) is 9.71 Å². The number of aromatic nitrogens is 1. The predicted octanol–water partition coefficient (Wildman–Crippen LogP) is 0.00248. The second kappa shape index (κ2) is 5.72. The number of nitrogens with one attached hydrogen (secondary N) is 1. The van der Waals surface area contributed by atoms with Crippen LogP contribution in [0.25, 0.3) is 0 Å². The average Bonchev–Trinajstić information content (AvgIpc) is 2.35. The molecule has 1 atom stereocenters. The molecule has 0 saturated carbocycles. The topological polar surface area (TPSA) is 103 Å². The SMILES string of the molecule is CCC(CO)NS(=O)(=O)c1cccnc1C#N.